The number of hydrogen-bond donors (Lipinski definition) is 1. The first kappa shape index (κ1) is 12.5. The van der Waals surface area contributed by atoms with Gasteiger partial charge >= 0.3 is 5.97 Å². The van der Waals surface area contributed by atoms with Crippen molar-refractivity contribution in [3.8, 4) is 0 Å². The SMILES string of the molecule is O=C(O)c1cc(Cl)cn1CCC1CCCCC1. The molecule has 0 spiro atoms. The van der Waals surface area contributed by atoms with Crippen LogP contribution in [0.1, 0.15) is 49.0 Å². The number of carboxylic acids is 1. The summed E-state index contributed by atoms with van der Waals surface area (Å²) in [6, 6.07) is 1.52. The average molecular weight is 256 g/mol. The minimum absolute atomic E-state index is 0.297. The lowest BCUT2D eigenvalue weighted by atomic mass is 9.87. The second-order valence-electron chi connectivity index (χ2n) is 4.83. The van der Waals surface area contributed by atoms with E-state index in [1.54, 1.807) is 10.8 Å². The lowest BCUT2D eigenvalue weighted by Crippen LogP contribution is -2.13. The molecule has 1 N–H and O–H groups in total. The Morgan fingerprint density at radius 2 is 2.12 bits per heavy atom. The van der Waals surface area contributed by atoms with Crippen LogP contribution in [0.2, 0.25) is 5.02 Å². The predicted octanol–water partition coefficient (Wildman–Crippen LogP) is 3.81. The van der Waals surface area contributed by atoms with Crippen molar-refractivity contribution in [1.82, 2.24) is 4.57 Å². The first-order valence-corrected chi connectivity index (χ1v) is 6.63. The molecule has 17 heavy (non-hydrogen) atoms. The molecule has 0 saturated heterocycles. The van der Waals surface area contributed by atoms with Crippen LogP contribution in [0.15, 0.2) is 12.3 Å². The zero-order valence-corrected chi connectivity index (χ0v) is 10.6. The molecule has 4 heteroatoms. The lowest BCUT2D eigenvalue weighted by molar-refractivity contribution is 0.0684. The molecular formula is C13H18ClNO2. The Hall–Kier alpha value is -0.960. The Labute approximate surface area is 106 Å². The van der Waals surface area contributed by atoms with Crippen molar-refractivity contribution < 1.29 is 9.90 Å². The van der Waals surface area contributed by atoms with Crippen LogP contribution < -0.4 is 0 Å². The van der Waals surface area contributed by atoms with Gasteiger partial charge in [-0.25, -0.2) is 4.79 Å². The number of carboxylic acid groups (broad SMARTS) is 1. The normalized spacial score (nSPS) is 17.2. The molecule has 2 rings (SSSR count). The van der Waals surface area contributed by atoms with Gasteiger partial charge in [0, 0.05) is 12.7 Å². The number of rotatable bonds is 4. The standard InChI is InChI=1S/C13H18ClNO2/c14-11-8-12(13(16)17)15(9-11)7-6-10-4-2-1-3-5-10/h8-10H,1-7H2,(H,16,17). The fourth-order valence-electron chi connectivity index (χ4n) is 2.64. The summed E-state index contributed by atoms with van der Waals surface area (Å²) in [5, 5.41) is 9.54. The van der Waals surface area contributed by atoms with Crippen molar-refractivity contribution in [3.05, 3.63) is 23.0 Å². The molecule has 1 aliphatic carbocycles. The van der Waals surface area contributed by atoms with E-state index in [9.17, 15) is 4.79 Å². The highest BCUT2D eigenvalue weighted by molar-refractivity contribution is 6.30. The van der Waals surface area contributed by atoms with Crippen molar-refractivity contribution in [1.29, 1.82) is 0 Å². The van der Waals surface area contributed by atoms with Crippen LogP contribution in [-0.2, 0) is 6.54 Å². The molecule has 0 unspecified atom stereocenters. The van der Waals surface area contributed by atoms with E-state index >= 15 is 0 Å². The van der Waals surface area contributed by atoms with E-state index in [0.717, 1.165) is 18.9 Å². The van der Waals surface area contributed by atoms with Gasteiger partial charge in [-0.3, -0.25) is 0 Å². The van der Waals surface area contributed by atoms with E-state index in [-0.39, 0.29) is 0 Å². The van der Waals surface area contributed by atoms with Crippen LogP contribution in [-0.4, -0.2) is 15.6 Å². The van der Waals surface area contributed by atoms with Crippen LogP contribution in [0.4, 0.5) is 0 Å². The van der Waals surface area contributed by atoms with E-state index in [1.807, 2.05) is 0 Å². The number of halogens is 1. The summed E-state index contributed by atoms with van der Waals surface area (Å²) in [5.41, 5.74) is 0.297. The van der Waals surface area contributed by atoms with E-state index in [2.05, 4.69) is 0 Å². The number of carbonyl (C=O) groups is 1. The summed E-state index contributed by atoms with van der Waals surface area (Å²) in [4.78, 5) is 11.0. The Bertz CT molecular complexity index is 394. The molecule has 0 aromatic carbocycles. The zero-order chi connectivity index (χ0) is 12.3. The van der Waals surface area contributed by atoms with Crippen LogP contribution in [0, 0.1) is 5.92 Å². The third-order valence-corrected chi connectivity index (χ3v) is 3.79. The minimum atomic E-state index is -0.902. The second kappa shape index (κ2) is 5.58. The summed E-state index contributed by atoms with van der Waals surface area (Å²) in [7, 11) is 0. The highest BCUT2D eigenvalue weighted by Gasteiger charge is 2.16. The number of aromatic nitrogens is 1. The van der Waals surface area contributed by atoms with Gasteiger partial charge in [-0.2, -0.15) is 0 Å². The Morgan fingerprint density at radius 1 is 1.41 bits per heavy atom. The molecule has 3 nitrogen and oxygen atoms in total. The second-order valence-corrected chi connectivity index (χ2v) is 5.27. The number of nitrogens with zero attached hydrogens (tertiary/aromatic N) is 1. The summed E-state index contributed by atoms with van der Waals surface area (Å²) in [5.74, 6) is -0.146. The Kier molecular flexibility index (Phi) is 4.11. The molecule has 0 aliphatic heterocycles. The highest BCUT2D eigenvalue weighted by atomic mass is 35.5. The maximum Gasteiger partial charge on any atom is 0.352 e. The fourth-order valence-corrected chi connectivity index (χ4v) is 2.86. The smallest absolute Gasteiger partial charge is 0.352 e. The van der Waals surface area contributed by atoms with Crippen molar-refractivity contribution in [2.24, 2.45) is 5.92 Å². The van der Waals surface area contributed by atoms with Crippen LogP contribution in [0.25, 0.3) is 0 Å². The van der Waals surface area contributed by atoms with Gasteiger partial charge in [0.2, 0.25) is 0 Å². The summed E-state index contributed by atoms with van der Waals surface area (Å²) >= 11 is 5.85. The first-order chi connectivity index (χ1) is 8.16. The molecule has 0 amide bonds. The Balaban J connectivity index is 1.95. The van der Waals surface area contributed by atoms with Crippen LogP contribution >= 0.6 is 11.6 Å². The van der Waals surface area contributed by atoms with Gasteiger partial charge in [-0.05, 0) is 18.4 Å². The summed E-state index contributed by atoms with van der Waals surface area (Å²) < 4.78 is 1.76. The topological polar surface area (TPSA) is 42.2 Å². The monoisotopic (exact) mass is 255 g/mol. The highest BCUT2D eigenvalue weighted by Crippen LogP contribution is 2.27. The third kappa shape index (κ3) is 3.25. The number of hydrogen-bond acceptors (Lipinski definition) is 1. The predicted molar refractivity (Wildman–Crippen MR) is 67.6 cm³/mol. The number of aromatic carboxylic acids is 1. The van der Waals surface area contributed by atoms with Crippen molar-refractivity contribution in [2.75, 3.05) is 0 Å². The number of aryl methyl sites for hydroxylation is 1. The molecule has 1 aromatic rings. The van der Waals surface area contributed by atoms with Gasteiger partial charge in [0.25, 0.3) is 0 Å². The van der Waals surface area contributed by atoms with Gasteiger partial charge in [-0.1, -0.05) is 43.7 Å². The molecular weight excluding hydrogens is 238 g/mol. The molecule has 1 saturated carbocycles. The average Bonchev–Trinajstić information content (AvgIpc) is 2.69. The molecule has 1 heterocycles. The first-order valence-electron chi connectivity index (χ1n) is 6.26. The van der Waals surface area contributed by atoms with Gasteiger partial charge in [0.1, 0.15) is 5.69 Å². The molecule has 1 aromatic heterocycles. The van der Waals surface area contributed by atoms with Gasteiger partial charge in [0.15, 0.2) is 0 Å². The zero-order valence-electron chi connectivity index (χ0n) is 9.86. The van der Waals surface area contributed by atoms with Gasteiger partial charge < -0.3 is 9.67 Å². The fraction of sp³-hybridized carbons (Fsp3) is 0.615. The van der Waals surface area contributed by atoms with E-state index < -0.39 is 5.97 Å². The van der Waals surface area contributed by atoms with E-state index in [4.69, 9.17) is 16.7 Å². The maximum absolute atomic E-state index is 11.0. The Morgan fingerprint density at radius 3 is 2.76 bits per heavy atom. The molecule has 1 aliphatic rings. The third-order valence-electron chi connectivity index (χ3n) is 3.59. The van der Waals surface area contributed by atoms with Crippen molar-refractivity contribution in [3.63, 3.8) is 0 Å². The van der Waals surface area contributed by atoms with Crippen LogP contribution in [0.5, 0.6) is 0 Å². The van der Waals surface area contributed by atoms with Crippen molar-refractivity contribution >= 4 is 17.6 Å². The minimum Gasteiger partial charge on any atom is -0.477 e. The lowest BCUT2D eigenvalue weighted by Gasteiger charge is -2.21. The van der Waals surface area contributed by atoms with Crippen molar-refractivity contribution in [2.45, 2.75) is 45.1 Å². The summed E-state index contributed by atoms with van der Waals surface area (Å²) in [6.45, 7) is 0.763. The van der Waals surface area contributed by atoms with Gasteiger partial charge in [-0.15, -0.1) is 0 Å². The molecule has 1 fully saturated rings. The maximum atomic E-state index is 11.0. The quantitative estimate of drug-likeness (QED) is 0.889. The molecule has 0 bridgehead atoms. The van der Waals surface area contributed by atoms with E-state index in [0.29, 0.717) is 10.7 Å². The van der Waals surface area contributed by atoms with Crippen LogP contribution in [0.3, 0.4) is 0 Å². The van der Waals surface area contributed by atoms with Gasteiger partial charge in [0.05, 0.1) is 5.02 Å². The largest absolute Gasteiger partial charge is 0.477 e. The van der Waals surface area contributed by atoms with E-state index in [1.165, 1.54) is 38.2 Å². The summed E-state index contributed by atoms with van der Waals surface area (Å²) in [6.07, 6.45) is 9.35. The molecule has 94 valence electrons. The molecule has 0 radical (unpaired) electrons. The molecule has 0 atom stereocenters.